The lowest BCUT2D eigenvalue weighted by molar-refractivity contribution is -0.223. The first-order valence-corrected chi connectivity index (χ1v) is 15.5. The monoisotopic (exact) mass is 704 g/mol. The second-order valence-corrected chi connectivity index (χ2v) is 11.5. The quantitative estimate of drug-likeness (QED) is 0.114. The van der Waals surface area contributed by atoms with E-state index in [1.54, 1.807) is 30.3 Å². The van der Waals surface area contributed by atoms with Gasteiger partial charge < -0.3 is 43.8 Å². The number of carbonyl (C=O) groups excluding carboxylic acids is 7. The van der Waals surface area contributed by atoms with Crippen molar-refractivity contribution in [1.29, 1.82) is 0 Å². The summed E-state index contributed by atoms with van der Waals surface area (Å²) in [5, 5.41) is 5.05. The van der Waals surface area contributed by atoms with Crippen molar-refractivity contribution in [3.05, 3.63) is 30.3 Å². The van der Waals surface area contributed by atoms with Crippen molar-refractivity contribution in [1.82, 2.24) is 10.6 Å². The zero-order valence-corrected chi connectivity index (χ0v) is 27.9. The second-order valence-electron chi connectivity index (χ2n) is 9.90. The Balaban J connectivity index is 2.70. The van der Waals surface area contributed by atoms with Gasteiger partial charge in [0.15, 0.2) is 12.2 Å². The number of alkyl halides is 1. The molecule has 1 aliphatic heterocycles. The van der Waals surface area contributed by atoms with Gasteiger partial charge in [0.1, 0.15) is 31.3 Å². The van der Waals surface area contributed by atoms with Crippen LogP contribution in [-0.4, -0.2) is 110 Å². The Kier molecular flexibility index (Phi) is 15.7. The van der Waals surface area contributed by atoms with Crippen molar-refractivity contribution < 1.29 is 66.7 Å². The Bertz CT molecular complexity index is 1280. The van der Waals surface area contributed by atoms with Gasteiger partial charge in [0.05, 0.1) is 19.7 Å². The van der Waals surface area contributed by atoms with Crippen molar-refractivity contribution >= 4 is 65.2 Å². The Morgan fingerprint density at radius 1 is 0.957 bits per heavy atom. The van der Waals surface area contributed by atoms with Crippen LogP contribution in [0.4, 0.5) is 4.79 Å². The molecule has 2 amide bonds. The summed E-state index contributed by atoms with van der Waals surface area (Å²) < 4.78 is 38.0. The Hall–Kier alpha value is -4.09. The fraction of sp³-hybridized carbons (Fsp3) is 0.552. The van der Waals surface area contributed by atoms with Crippen LogP contribution in [0.25, 0.3) is 0 Å². The molecule has 1 aromatic carbocycles. The average molecular weight is 705 g/mol. The van der Waals surface area contributed by atoms with Crippen LogP contribution in [0.3, 0.4) is 0 Å². The first kappa shape index (κ1) is 39.1. The van der Waals surface area contributed by atoms with Crippen LogP contribution in [-0.2, 0) is 61.9 Å². The smallest absolute Gasteiger partial charge is 0.349 e. The lowest BCUT2D eigenvalue weighted by atomic mass is 9.89. The molecule has 2 N–H and O–H groups in total. The van der Waals surface area contributed by atoms with Crippen LogP contribution in [0.15, 0.2) is 35.2 Å². The number of hydrogen-bond donors (Lipinski definition) is 2. The zero-order chi connectivity index (χ0) is 35.1. The summed E-state index contributed by atoms with van der Waals surface area (Å²) in [5.74, 6) is -5.38. The number of carbonyl (C=O) groups is 7. The minimum atomic E-state index is -1.99. The van der Waals surface area contributed by atoms with E-state index in [0.717, 1.165) is 46.6 Å². The molecule has 18 heteroatoms. The van der Waals surface area contributed by atoms with Gasteiger partial charge in [-0.2, -0.15) is 0 Å². The van der Waals surface area contributed by atoms with Gasteiger partial charge in [-0.3, -0.25) is 24.0 Å². The van der Waals surface area contributed by atoms with E-state index >= 15 is 0 Å². The molecule has 0 unspecified atom stereocenters. The molecule has 1 heterocycles. The number of benzene rings is 1. The molecule has 6 atom stereocenters. The van der Waals surface area contributed by atoms with Gasteiger partial charge >= 0.3 is 41.8 Å². The second kappa shape index (κ2) is 18.9. The van der Waals surface area contributed by atoms with Crippen LogP contribution in [0.1, 0.15) is 34.1 Å². The van der Waals surface area contributed by atoms with Crippen molar-refractivity contribution in [3.63, 3.8) is 0 Å². The number of amides is 2. The number of esters is 6. The lowest BCUT2D eigenvalue weighted by Crippen LogP contribution is -2.68. The minimum absolute atomic E-state index is 0.170. The molecule has 2 rings (SSSR count). The molecule has 0 aromatic heterocycles. The fourth-order valence-electron chi connectivity index (χ4n) is 4.52. The summed E-state index contributed by atoms with van der Waals surface area (Å²) in [7, 11) is 1.11. The molecule has 1 aromatic rings. The summed E-state index contributed by atoms with van der Waals surface area (Å²) in [5.41, 5.74) is 0. The third kappa shape index (κ3) is 12.6. The maximum absolute atomic E-state index is 13.5. The van der Waals surface area contributed by atoms with Crippen molar-refractivity contribution in [2.45, 2.75) is 74.4 Å². The van der Waals surface area contributed by atoms with Gasteiger partial charge in [-0.15, -0.1) is 11.6 Å². The van der Waals surface area contributed by atoms with Crippen LogP contribution in [0.5, 0.6) is 0 Å². The van der Waals surface area contributed by atoms with Crippen LogP contribution in [0.2, 0.25) is 0 Å². The molecule has 16 nitrogen and oxygen atoms in total. The Morgan fingerprint density at radius 3 is 2.17 bits per heavy atom. The largest absolute Gasteiger partial charge is 0.466 e. The zero-order valence-electron chi connectivity index (χ0n) is 26.3. The molecule has 0 spiro atoms. The van der Waals surface area contributed by atoms with E-state index in [-0.39, 0.29) is 19.6 Å². The van der Waals surface area contributed by atoms with Gasteiger partial charge in [-0.25, -0.2) is 9.59 Å². The highest BCUT2D eigenvalue weighted by Crippen LogP contribution is 2.45. The Morgan fingerprint density at radius 2 is 1.62 bits per heavy atom. The first-order valence-electron chi connectivity index (χ1n) is 14.1. The van der Waals surface area contributed by atoms with E-state index in [0.29, 0.717) is 4.90 Å². The van der Waals surface area contributed by atoms with Crippen molar-refractivity contribution in [2.75, 3.05) is 32.7 Å². The lowest BCUT2D eigenvalue weighted by Gasteiger charge is -2.48. The average Bonchev–Trinajstić information content (AvgIpc) is 3.00. The number of nitrogens with one attached hydrogen (secondary N) is 2. The topological polar surface area (TPSA) is 208 Å². The van der Waals surface area contributed by atoms with E-state index < -0.39 is 89.7 Å². The maximum atomic E-state index is 13.5. The molecule has 1 aliphatic rings. The maximum Gasteiger partial charge on any atom is 0.349 e. The summed E-state index contributed by atoms with van der Waals surface area (Å²) in [6.07, 6.45) is -6.59. The van der Waals surface area contributed by atoms with Gasteiger partial charge in [0.25, 0.3) is 0 Å². The summed E-state index contributed by atoms with van der Waals surface area (Å²) >= 11 is 6.30. The molecule has 1 fully saturated rings. The standard InChI is InChI=1S/C29H37ClN2O14S/c1-16(33)42-15-22(44-18(3)35)25(45-19(4)36)26-24(32-28(39)31-11-12-41-23(37)14-30)21(43-17(2)34)13-29(46-26,27(38)40-5)47-20-9-7-6-8-10-20/h6-10,21-22,24-26H,11-15H2,1-5H3,(H2,31,32,39)/t21-,22+,24+,25+,26+,29-/m0/s1. The molecule has 0 saturated carbocycles. The predicted octanol–water partition coefficient (Wildman–Crippen LogP) is 1.24. The number of urea groups is 1. The van der Waals surface area contributed by atoms with E-state index in [9.17, 15) is 33.6 Å². The highest BCUT2D eigenvalue weighted by atomic mass is 35.5. The number of methoxy groups -OCH3 is 1. The molecule has 0 aliphatic carbocycles. The number of halogens is 1. The van der Waals surface area contributed by atoms with E-state index in [1.807, 2.05) is 0 Å². The van der Waals surface area contributed by atoms with Gasteiger partial charge in [-0.1, -0.05) is 30.0 Å². The van der Waals surface area contributed by atoms with E-state index in [4.69, 9.17) is 44.8 Å². The highest BCUT2D eigenvalue weighted by molar-refractivity contribution is 8.01. The number of hydrogen-bond acceptors (Lipinski definition) is 15. The molecule has 0 bridgehead atoms. The van der Waals surface area contributed by atoms with E-state index in [2.05, 4.69) is 10.6 Å². The summed E-state index contributed by atoms with van der Waals surface area (Å²) in [6.45, 7) is 3.26. The molecule has 1 saturated heterocycles. The summed E-state index contributed by atoms with van der Waals surface area (Å²) in [6, 6.07) is 6.21. The number of thioether (sulfide) groups is 1. The fourth-order valence-corrected chi connectivity index (χ4v) is 5.84. The molecule has 47 heavy (non-hydrogen) atoms. The first-order chi connectivity index (χ1) is 22.2. The molecule has 0 radical (unpaired) electrons. The van der Waals surface area contributed by atoms with Gasteiger partial charge in [0.2, 0.25) is 4.93 Å². The van der Waals surface area contributed by atoms with E-state index in [1.165, 1.54) is 0 Å². The minimum Gasteiger partial charge on any atom is -0.466 e. The highest BCUT2D eigenvalue weighted by Gasteiger charge is 2.59. The summed E-state index contributed by atoms with van der Waals surface area (Å²) in [4.78, 5) is 85.2. The SMILES string of the molecule is COC(=O)[C@@]1(Sc2ccccc2)C[C@H](OC(C)=O)[C@@H](NC(=O)NCCOC(=O)CCl)[C@H]([C@H](OC(C)=O)[C@@H](COC(C)=O)OC(C)=O)O1. The molecular weight excluding hydrogens is 668 g/mol. The van der Waals surface area contributed by atoms with Gasteiger partial charge in [-0.05, 0) is 12.1 Å². The third-order valence-corrected chi connectivity index (χ3v) is 7.69. The van der Waals surface area contributed by atoms with Crippen LogP contribution >= 0.6 is 23.4 Å². The normalized spacial score (nSPS) is 21.5. The Labute approximate surface area is 279 Å². The third-order valence-electron chi connectivity index (χ3n) is 6.21. The molecular formula is C29H37ClN2O14S. The van der Waals surface area contributed by atoms with Crippen LogP contribution < -0.4 is 10.6 Å². The molecule has 260 valence electrons. The predicted molar refractivity (Wildman–Crippen MR) is 162 cm³/mol. The van der Waals surface area contributed by atoms with Crippen LogP contribution in [0, 0.1) is 0 Å². The van der Waals surface area contributed by atoms with Crippen molar-refractivity contribution in [3.8, 4) is 0 Å². The van der Waals surface area contributed by atoms with Gasteiger partial charge in [0, 0.05) is 39.0 Å². The number of rotatable bonds is 15. The van der Waals surface area contributed by atoms with Crippen molar-refractivity contribution in [2.24, 2.45) is 0 Å². The number of ether oxygens (including phenoxy) is 7.